The zero-order valence-electron chi connectivity index (χ0n) is 13.2. The molecule has 6 heteroatoms. The molecule has 0 saturated carbocycles. The number of hydrogen-bond donors (Lipinski definition) is 1. The summed E-state index contributed by atoms with van der Waals surface area (Å²) in [5, 5.41) is 0. The maximum atomic E-state index is 12.7. The van der Waals surface area contributed by atoms with Crippen LogP contribution >= 0.6 is 0 Å². The van der Waals surface area contributed by atoms with Crippen LogP contribution in [0.5, 0.6) is 0 Å². The zero-order chi connectivity index (χ0) is 15.8. The Kier molecular flexibility index (Phi) is 4.33. The lowest BCUT2D eigenvalue weighted by Gasteiger charge is -2.41. The molecule has 5 nitrogen and oxygen atoms in total. The van der Waals surface area contributed by atoms with Crippen LogP contribution in [0.1, 0.15) is 20.3 Å². The van der Waals surface area contributed by atoms with Crippen LogP contribution in [0.3, 0.4) is 0 Å². The summed E-state index contributed by atoms with van der Waals surface area (Å²) in [5.74, 6) is 0. The molecule has 1 aliphatic heterocycles. The molecule has 1 fully saturated rings. The molecule has 1 saturated heterocycles. The molecular weight excluding hydrogens is 286 g/mol. The molecule has 0 radical (unpaired) electrons. The first-order chi connectivity index (χ1) is 9.64. The van der Waals surface area contributed by atoms with Crippen LogP contribution in [0, 0.1) is 5.41 Å². The van der Waals surface area contributed by atoms with Gasteiger partial charge >= 0.3 is 0 Å². The van der Waals surface area contributed by atoms with Crippen molar-refractivity contribution in [1.82, 2.24) is 4.31 Å². The van der Waals surface area contributed by atoms with E-state index in [0.29, 0.717) is 24.4 Å². The first-order valence-electron chi connectivity index (χ1n) is 7.18. The summed E-state index contributed by atoms with van der Waals surface area (Å²) in [6.07, 6.45) is 0.696. The minimum atomic E-state index is -3.44. The Labute approximate surface area is 127 Å². The molecule has 1 heterocycles. The average molecular weight is 311 g/mol. The standard InChI is InChI=1S/C15H25N3O2S/c1-15(2)11-18(10-9-14(15)16)21(19,20)13-7-5-12(6-8-13)17(3)4/h5-8,14H,9-11,16H2,1-4H3. The predicted molar refractivity (Wildman–Crippen MR) is 85.9 cm³/mol. The van der Waals surface area contributed by atoms with E-state index in [1.54, 1.807) is 16.4 Å². The lowest BCUT2D eigenvalue weighted by Crippen LogP contribution is -2.53. The molecular formula is C15H25N3O2S. The van der Waals surface area contributed by atoms with E-state index in [1.807, 2.05) is 45.0 Å². The highest BCUT2D eigenvalue weighted by Gasteiger charge is 2.38. The molecule has 21 heavy (non-hydrogen) atoms. The Morgan fingerprint density at radius 2 is 1.81 bits per heavy atom. The number of sulfonamides is 1. The zero-order valence-corrected chi connectivity index (χ0v) is 14.0. The Morgan fingerprint density at radius 3 is 2.29 bits per heavy atom. The number of hydrogen-bond acceptors (Lipinski definition) is 4. The molecule has 1 aromatic rings. The van der Waals surface area contributed by atoms with E-state index < -0.39 is 10.0 Å². The van der Waals surface area contributed by atoms with E-state index in [9.17, 15) is 8.42 Å². The highest BCUT2D eigenvalue weighted by molar-refractivity contribution is 7.89. The first kappa shape index (κ1) is 16.3. The van der Waals surface area contributed by atoms with Crippen molar-refractivity contribution in [3.63, 3.8) is 0 Å². The molecule has 1 atom stereocenters. The van der Waals surface area contributed by atoms with Gasteiger partial charge in [0.2, 0.25) is 10.0 Å². The Hall–Kier alpha value is -1.11. The van der Waals surface area contributed by atoms with Crippen molar-refractivity contribution in [3.8, 4) is 0 Å². The molecule has 1 aliphatic rings. The normalized spacial score (nSPS) is 23.0. The SMILES string of the molecule is CN(C)c1ccc(S(=O)(=O)N2CCC(N)C(C)(C)C2)cc1. The van der Waals surface area contributed by atoms with Gasteiger partial charge in [-0.15, -0.1) is 0 Å². The van der Waals surface area contributed by atoms with Crippen LogP contribution in [0.2, 0.25) is 0 Å². The minimum Gasteiger partial charge on any atom is -0.378 e. The smallest absolute Gasteiger partial charge is 0.243 e. The van der Waals surface area contributed by atoms with Crippen molar-refractivity contribution in [2.24, 2.45) is 11.1 Å². The summed E-state index contributed by atoms with van der Waals surface area (Å²) in [5.41, 5.74) is 6.86. The summed E-state index contributed by atoms with van der Waals surface area (Å²) in [4.78, 5) is 2.29. The molecule has 1 aromatic carbocycles. The molecule has 0 amide bonds. The van der Waals surface area contributed by atoms with Crippen LogP contribution in [-0.2, 0) is 10.0 Å². The fourth-order valence-electron chi connectivity index (χ4n) is 2.60. The van der Waals surface area contributed by atoms with Crippen molar-refractivity contribution in [2.75, 3.05) is 32.1 Å². The first-order valence-corrected chi connectivity index (χ1v) is 8.62. The second kappa shape index (κ2) is 5.59. The second-order valence-corrected chi connectivity index (χ2v) is 8.55. The largest absolute Gasteiger partial charge is 0.378 e. The van der Waals surface area contributed by atoms with Crippen molar-refractivity contribution in [1.29, 1.82) is 0 Å². The van der Waals surface area contributed by atoms with Gasteiger partial charge in [0.15, 0.2) is 0 Å². The van der Waals surface area contributed by atoms with Gasteiger partial charge in [0.05, 0.1) is 4.90 Å². The molecule has 0 aromatic heterocycles. The molecule has 0 aliphatic carbocycles. The van der Waals surface area contributed by atoms with Crippen LogP contribution in [0.4, 0.5) is 5.69 Å². The van der Waals surface area contributed by atoms with E-state index in [4.69, 9.17) is 5.73 Å². The topological polar surface area (TPSA) is 66.6 Å². The third kappa shape index (κ3) is 3.22. The monoisotopic (exact) mass is 311 g/mol. The Balaban J connectivity index is 2.26. The van der Waals surface area contributed by atoms with E-state index in [-0.39, 0.29) is 11.5 Å². The quantitative estimate of drug-likeness (QED) is 0.918. The van der Waals surface area contributed by atoms with Crippen molar-refractivity contribution in [3.05, 3.63) is 24.3 Å². The fourth-order valence-corrected chi connectivity index (χ4v) is 4.22. The van der Waals surface area contributed by atoms with Gasteiger partial charge < -0.3 is 10.6 Å². The third-order valence-electron chi connectivity index (χ3n) is 4.27. The fraction of sp³-hybridized carbons (Fsp3) is 0.600. The maximum absolute atomic E-state index is 12.7. The van der Waals surface area contributed by atoms with Crippen LogP contribution in [-0.4, -0.2) is 45.9 Å². The van der Waals surface area contributed by atoms with Gasteiger partial charge in [-0.3, -0.25) is 0 Å². The molecule has 118 valence electrons. The predicted octanol–water partition coefficient (Wildman–Crippen LogP) is 1.50. The van der Waals surface area contributed by atoms with Crippen LogP contribution in [0.15, 0.2) is 29.2 Å². The second-order valence-electron chi connectivity index (χ2n) is 6.61. The van der Waals surface area contributed by atoms with E-state index in [0.717, 1.165) is 5.69 Å². The summed E-state index contributed by atoms with van der Waals surface area (Å²) in [7, 11) is 0.418. The average Bonchev–Trinajstić information content (AvgIpc) is 2.41. The van der Waals surface area contributed by atoms with Crippen molar-refractivity contribution >= 4 is 15.7 Å². The highest BCUT2D eigenvalue weighted by atomic mass is 32.2. The minimum absolute atomic E-state index is 0.0417. The van der Waals surface area contributed by atoms with Crippen molar-refractivity contribution in [2.45, 2.75) is 31.2 Å². The van der Waals surface area contributed by atoms with Crippen molar-refractivity contribution < 1.29 is 8.42 Å². The number of nitrogens with two attached hydrogens (primary N) is 1. The van der Waals surface area contributed by atoms with Gasteiger partial charge in [0.25, 0.3) is 0 Å². The van der Waals surface area contributed by atoms with Gasteiger partial charge in [-0.1, -0.05) is 13.8 Å². The number of benzene rings is 1. The van der Waals surface area contributed by atoms with Gasteiger partial charge in [0, 0.05) is 38.9 Å². The summed E-state index contributed by atoms with van der Waals surface area (Å²) >= 11 is 0. The van der Waals surface area contributed by atoms with Gasteiger partial charge in [-0.25, -0.2) is 8.42 Å². The van der Waals surface area contributed by atoms with E-state index >= 15 is 0 Å². The Bertz CT molecular complexity index is 594. The third-order valence-corrected chi connectivity index (χ3v) is 6.13. The van der Waals surface area contributed by atoms with Crippen LogP contribution < -0.4 is 10.6 Å². The molecule has 2 N–H and O–H groups in total. The number of nitrogens with zero attached hydrogens (tertiary/aromatic N) is 2. The number of anilines is 1. The molecule has 2 rings (SSSR count). The number of rotatable bonds is 3. The van der Waals surface area contributed by atoms with Gasteiger partial charge in [0.1, 0.15) is 0 Å². The molecule has 0 spiro atoms. The lowest BCUT2D eigenvalue weighted by atomic mass is 9.81. The molecule has 1 unspecified atom stereocenters. The van der Waals surface area contributed by atoms with Crippen LogP contribution in [0.25, 0.3) is 0 Å². The van der Waals surface area contributed by atoms with Gasteiger partial charge in [-0.2, -0.15) is 4.31 Å². The Morgan fingerprint density at radius 1 is 1.24 bits per heavy atom. The lowest BCUT2D eigenvalue weighted by molar-refractivity contribution is 0.155. The number of piperidine rings is 1. The summed E-state index contributed by atoms with van der Waals surface area (Å²) in [6.45, 7) is 5.00. The van der Waals surface area contributed by atoms with E-state index in [2.05, 4.69) is 0 Å². The summed E-state index contributed by atoms with van der Waals surface area (Å²) in [6, 6.07) is 7.04. The highest BCUT2D eigenvalue weighted by Crippen LogP contribution is 2.31. The molecule has 0 bridgehead atoms. The van der Waals surface area contributed by atoms with E-state index in [1.165, 1.54) is 0 Å². The summed E-state index contributed by atoms with van der Waals surface area (Å²) < 4.78 is 27.0. The van der Waals surface area contributed by atoms with Gasteiger partial charge in [-0.05, 0) is 36.1 Å². The maximum Gasteiger partial charge on any atom is 0.243 e.